The van der Waals surface area contributed by atoms with Crippen molar-refractivity contribution < 1.29 is 28.5 Å². The van der Waals surface area contributed by atoms with E-state index < -0.39 is 19.3 Å². The number of nitrogens with zero attached hydrogens (tertiary/aromatic N) is 1. The highest BCUT2D eigenvalue weighted by Crippen LogP contribution is 2.30. The number of esters is 1. The standard InChI is InChI=1S/C16H24N3O6P.C7H16O.C2H6/c1-3-13(4-2)12-24-16(21)11-18-26(17-9-10-20)25-15-7-5-14(6-8-15)19(22)23;1-4-7(5-2)6-8-3;1-2/h5-8,10,13,17-18H,3-4,9,11-12H2,1-2H3;7H,4-6H2,1-3H3;1-2H3. The fraction of sp³-hybridized carbons (Fsp3) is 0.680. The Bertz CT molecular complexity index is 685. The quantitative estimate of drug-likeness (QED) is 0.0861. The van der Waals surface area contributed by atoms with Crippen LogP contribution in [0.2, 0.25) is 0 Å². The average molecular weight is 532 g/mol. The monoisotopic (exact) mass is 531 g/mol. The molecule has 1 unspecified atom stereocenters. The first-order chi connectivity index (χ1) is 17.3. The van der Waals surface area contributed by atoms with Gasteiger partial charge in [-0.05, 0) is 24.0 Å². The maximum absolute atomic E-state index is 11.8. The summed E-state index contributed by atoms with van der Waals surface area (Å²) in [7, 11) is 0.227. The summed E-state index contributed by atoms with van der Waals surface area (Å²) >= 11 is 0. The number of hydrogen-bond donors (Lipinski definition) is 2. The van der Waals surface area contributed by atoms with Crippen LogP contribution in [0.4, 0.5) is 5.69 Å². The molecule has 1 atom stereocenters. The van der Waals surface area contributed by atoms with Crippen LogP contribution < -0.4 is 14.7 Å². The minimum Gasteiger partial charge on any atom is -0.464 e. The Labute approximate surface area is 217 Å². The van der Waals surface area contributed by atoms with Crippen molar-refractivity contribution in [2.75, 3.05) is 33.4 Å². The summed E-state index contributed by atoms with van der Waals surface area (Å²) in [6.45, 7) is 13.7. The Morgan fingerprint density at radius 3 is 1.94 bits per heavy atom. The molecule has 0 bridgehead atoms. The van der Waals surface area contributed by atoms with Crippen molar-refractivity contribution >= 4 is 26.4 Å². The molecule has 0 radical (unpaired) electrons. The highest BCUT2D eigenvalue weighted by atomic mass is 31.2. The van der Waals surface area contributed by atoms with Crippen LogP contribution in [0.15, 0.2) is 24.3 Å². The summed E-state index contributed by atoms with van der Waals surface area (Å²) in [4.78, 5) is 32.5. The zero-order valence-corrected chi connectivity index (χ0v) is 23.8. The van der Waals surface area contributed by atoms with Crippen molar-refractivity contribution in [2.24, 2.45) is 11.8 Å². The van der Waals surface area contributed by atoms with Gasteiger partial charge in [-0.2, -0.15) is 0 Å². The lowest BCUT2D eigenvalue weighted by atomic mass is 10.1. The van der Waals surface area contributed by atoms with Crippen molar-refractivity contribution in [3.63, 3.8) is 0 Å². The van der Waals surface area contributed by atoms with Gasteiger partial charge in [0.25, 0.3) is 5.69 Å². The van der Waals surface area contributed by atoms with Gasteiger partial charge < -0.3 is 18.8 Å². The number of nitro groups is 1. The van der Waals surface area contributed by atoms with Gasteiger partial charge in [0, 0.05) is 25.8 Å². The van der Waals surface area contributed by atoms with Gasteiger partial charge in [-0.3, -0.25) is 14.9 Å². The van der Waals surface area contributed by atoms with E-state index in [2.05, 4.69) is 24.0 Å². The number of nitro benzene ring substituents is 1. The third kappa shape index (κ3) is 18.2. The minimum absolute atomic E-state index is 0.0362. The normalized spacial score (nSPS) is 11.0. The number of carbonyl (C=O) groups excluding carboxylic acids is 2. The van der Waals surface area contributed by atoms with Gasteiger partial charge in [0.2, 0.25) is 8.45 Å². The molecule has 36 heavy (non-hydrogen) atoms. The molecule has 10 nitrogen and oxygen atoms in total. The third-order valence-corrected chi connectivity index (χ3v) is 6.43. The van der Waals surface area contributed by atoms with Crippen molar-refractivity contribution in [1.82, 2.24) is 10.2 Å². The maximum Gasteiger partial charge on any atom is 0.320 e. The molecule has 11 heteroatoms. The van der Waals surface area contributed by atoms with Crippen LogP contribution in [0.1, 0.15) is 67.2 Å². The molecule has 208 valence electrons. The Morgan fingerprint density at radius 2 is 1.53 bits per heavy atom. The maximum atomic E-state index is 11.8. The Kier molecular flexibility index (Phi) is 24.6. The second kappa shape index (κ2) is 24.6. The molecular weight excluding hydrogens is 485 g/mol. The van der Waals surface area contributed by atoms with E-state index in [0.717, 1.165) is 25.4 Å². The van der Waals surface area contributed by atoms with E-state index in [9.17, 15) is 19.7 Å². The first-order valence-electron chi connectivity index (χ1n) is 12.6. The van der Waals surface area contributed by atoms with Crippen LogP contribution in [0, 0.1) is 22.0 Å². The van der Waals surface area contributed by atoms with E-state index in [0.29, 0.717) is 24.6 Å². The molecule has 2 N–H and O–H groups in total. The molecule has 1 aromatic rings. The smallest absolute Gasteiger partial charge is 0.320 e. The molecule has 0 aliphatic carbocycles. The van der Waals surface area contributed by atoms with E-state index in [1.54, 1.807) is 7.11 Å². The summed E-state index contributed by atoms with van der Waals surface area (Å²) in [6, 6.07) is 5.52. The summed E-state index contributed by atoms with van der Waals surface area (Å²) < 4.78 is 15.8. The molecule has 0 amide bonds. The van der Waals surface area contributed by atoms with E-state index in [1.165, 1.54) is 37.1 Å². The van der Waals surface area contributed by atoms with E-state index in [4.69, 9.17) is 14.0 Å². The molecule has 0 saturated heterocycles. The summed E-state index contributed by atoms with van der Waals surface area (Å²) in [5, 5.41) is 16.3. The summed E-state index contributed by atoms with van der Waals surface area (Å²) in [6.07, 6.45) is 5.03. The predicted octanol–water partition coefficient (Wildman–Crippen LogP) is 5.65. The molecule has 0 spiro atoms. The number of carbonyl (C=O) groups is 2. The second-order valence-corrected chi connectivity index (χ2v) is 8.91. The SMILES string of the molecule is CC.CCC(CC)COC.CCC(CC)COC(=O)CNP(NCC=O)Oc1ccc([N+](=O)[O-])cc1. The molecular formula is C25H46N3O7P. The van der Waals surface area contributed by atoms with E-state index >= 15 is 0 Å². The van der Waals surface area contributed by atoms with Gasteiger partial charge in [-0.25, -0.2) is 10.2 Å². The van der Waals surface area contributed by atoms with E-state index in [-0.39, 0.29) is 18.8 Å². The molecule has 0 aliphatic heterocycles. The van der Waals surface area contributed by atoms with Crippen LogP contribution in [0.5, 0.6) is 5.75 Å². The van der Waals surface area contributed by atoms with Crippen molar-refractivity contribution in [3.8, 4) is 5.75 Å². The second-order valence-electron chi connectivity index (χ2n) is 7.50. The lowest BCUT2D eigenvalue weighted by Crippen LogP contribution is -2.29. The molecule has 0 aliphatic rings. The minimum atomic E-state index is -1.54. The number of benzene rings is 1. The van der Waals surface area contributed by atoms with Crippen molar-refractivity contribution in [3.05, 3.63) is 34.4 Å². The predicted molar refractivity (Wildman–Crippen MR) is 145 cm³/mol. The number of methoxy groups -OCH3 is 1. The molecule has 1 rings (SSSR count). The number of rotatable bonds is 17. The highest BCUT2D eigenvalue weighted by Gasteiger charge is 2.15. The first-order valence-corrected chi connectivity index (χ1v) is 13.9. The first kappa shape index (κ1) is 36.0. The van der Waals surface area contributed by atoms with Crippen LogP contribution in [-0.2, 0) is 19.1 Å². The fourth-order valence-corrected chi connectivity index (χ4v) is 3.74. The zero-order chi connectivity index (χ0) is 27.8. The van der Waals surface area contributed by atoms with Crippen LogP contribution in [-0.4, -0.2) is 50.6 Å². The molecule has 0 fully saturated rings. The van der Waals surface area contributed by atoms with Crippen LogP contribution >= 0.6 is 8.45 Å². The lowest BCUT2D eigenvalue weighted by molar-refractivity contribution is -0.384. The van der Waals surface area contributed by atoms with Gasteiger partial charge in [0.1, 0.15) is 18.6 Å². The largest absolute Gasteiger partial charge is 0.464 e. The number of nitrogens with one attached hydrogen (secondary N) is 2. The van der Waals surface area contributed by atoms with Crippen LogP contribution in [0.25, 0.3) is 0 Å². The van der Waals surface area contributed by atoms with Gasteiger partial charge >= 0.3 is 5.97 Å². The Morgan fingerprint density at radius 1 is 1.00 bits per heavy atom. The third-order valence-electron chi connectivity index (χ3n) is 5.12. The highest BCUT2D eigenvalue weighted by molar-refractivity contribution is 7.48. The number of non-ortho nitro benzene ring substituents is 1. The van der Waals surface area contributed by atoms with Gasteiger partial charge in [-0.15, -0.1) is 0 Å². The average Bonchev–Trinajstić information content (AvgIpc) is 2.91. The fourth-order valence-electron chi connectivity index (χ4n) is 2.66. The Hall–Kier alpha value is -2.13. The number of hydrogen-bond acceptors (Lipinski definition) is 9. The molecule has 0 saturated carbocycles. The van der Waals surface area contributed by atoms with Gasteiger partial charge in [0.05, 0.1) is 18.1 Å². The summed E-state index contributed by atoms with van der Waals surface area (Å²) in [5.41, 5.74) is -0.0551. The van der Waals surface area contributed by atoms with Crippen LogP contribution in [0.3, 0.4) is 0 Å². The van der Waals surface area contributed by atoms with Crippen molar-refractivity contribution in [1.29, 1.82) is 0 Å². The van der Waals surface area contributed by atoms with Crippen molar-refractivity contribution in [2.45, 2.75) is 67.2 Å². The number of aldehydes is 1. The number of ether oxygens (including phenoxy) is 2. The molecule has 0 heterocycles. The lowest BCUT2D eigenvalue weighted by Gasteiger charge is -2.19. The molecule has 0 aromatic heterocycles. The van der Waals surface area contributed by atoms with E-state index in [1.807, 2.05) is 27.7 Å². The molecule has 1 aromatic carbocycles. The summed E-state index contributed by atoms with van der Waals surface area (Å²) in [5.74, 6) is 1.08. The topological polar surface area (TPSA) is 129 Å². The van der Waals surface area contributed by atoms with Gasteiger partial charge in [0.15, 0.2) is 0 Å². The van der Waals surface area contributed by atoms with Gasteiger partial charge in [-0.1, -0.05) is 67.2 Å². The zero-order valence-electron chi connectivity index (χ0n) is 23.0. The Balaban J connectivity index is 0.